The molecule has 1 aliphatic rings. The van der Waals surface area contributed by atoms with Crippen LogP contribution >= 0.6 is 0 Å². The largest absolute Gasteiger partial charge is 0.481 e. The Bertz CT molecular complexity index is 237. The molecular weight excluding hydrogens is 228 g/mol. The van der Waals surface area contributed by atoms with Crippen molar-refractivity contribution in [3.63, 3.8) is 0 Å². The van der Waals surface area contributed by atoms with E-state index in [9.17, 15) is 9.90 Å². The standard InChI is InChI=1S/C15H28O3/c1-3-5-13-6-8-15(9-7-13,14(16)17)10-12-18-11-4-2/h13H,3-12H2,1-2H3,(H,16,17). The van der Waals surface area contributed by atoms with Crippen LogP contribution in [0.1, 0.15) is 65.2 Å². The van der Waals surface area contributed by atoms with Crippen molar-refractivity contribution in [2.75, 3.05) is 13.2 Å². The number of carboxylic acids is 1. The van der Waals surface area contributed by atoms with Crippen molar-refractivity contribution in [3.05, 3.63) is 0 Å². The lowest BCUT2D eigenvalue weighted by molar-refractivity contribution is -0.153. The predicted octanol–water partition coefficient (Wildman–Crippen LogP) is 3.86. The van der Waals surface area contributed by atoms with Gasteiger partial charge in [0.2, 0.25) is 0 Å². The quantitative estimate of drug-likeness (QED) is 0.671. The molecule has 0 heterocycles. The molecule has 1 saturated carbocycles. The van der Waals surface area contributed by atoms with Crippen molar-refractivity contribution in [3.8, 4) is 0 Å². The van der Waals surface area contributed by atoms with Crippen LogP contribution in [0.2, 0.25) is 0 Å². The summed E-state index contributed by atoms with van der Waals surface area (Å²) in [4.78, 5) is 11.5. The van der Waals surface area contributed by atoms with Crippen LogP contribution in [0.4, 0.5) is 0 Å². The molecule has 1 aliphatic carbocycles. The van der Waals surface area contributed by atoms with E-state index in [1.54, 1.807) is 0 Å². The molecule has 0 atom stereocenters. The Kier molecular flexibility index (Phi) is 6.69. The third-order valence-electron chi connectivity index (χ3n) is 4.29. The fourth-order valence-electron chi connectivity index (χ4n) is 3.01. The molecule has 0 saturated heterocycles. The molecule has 0 bridgehead atoms. The molecule has 18 heavy (non-hydrogen) atoms. The highest BCUT2D eigenvalue weighted by atomic mass is 16.5. The molecule has 1 rings (SSSR count). The lowest BCUT2D eigenvalue weighted by Gasteiger charge is -2.36. The van der Waals surface area contributed by atoms with E-state index in [0.717, 1.165) is 44.6 Å². The van der Waals surface area contributed by atoms with E-state index in [1.165, 1.54) is 12.8 Å². The maximum atomic E-state index is 11.5. The third-order valence-corrected chi connectivity index (χ3v) is 4.29. The van der Waals surface area contributed by atoms with Gasteiger partial charge in [-0.3, -0.25) is 4.79 Å². The van der Waals surface area contributed by atoms with Crippen LogP contribution in [-0.4, -0.2) is 24.3 Å². The van der Waals surface area contributed by atoms with E-state index in [1.807, 2.05) is 0 Å². The summed E-state index contributed by atoms with van der Waals surface area (Å²) in [5.41, 5.74) is -0.502. The first-order valence-corrected chi connectivity index (χ1v) is 7.45. The molecule has 0 unspecified atom stereocenters. The first kappa shape index (κ1) is 15.5. The Balaban J connectivity index is 2.43. The zero-order chi connectivity index (χ0) is 13.4. The molecule has 106 valence electrons. The van der Waals surface area contributed by atoms with Gasteiger partial charge in [0.05, 0.1) is 5.41 Å². The molecule has 0 aromatic heterocycles. The normalized spacial score (nSPS) is 28.2. The molecule has 0 aromatic carbocycles. The molecule has 0 aliphatic heterocycles. The van der Waals surface area contributed by atoms with Gasteiger partial charge >= 0.3 is 5.97 Å². The van der Waals surface area contributed by atoms with Crippen molar-refractivity contribution >= 4 is 5.97 Å². The number of rotatable bonds is 8. The van der Waals surface area contributed by atoms with E-state index < -0.39 is 11.4 Å². The summed E-state index contributed by atoms with van der Waals surface area (Å²) in [6.45, 7) is 5.62. The lowest BCUT2D eigenvalue weighted by atomic mass is 9.68. The fourth-order valence-corrected chi connectivity index (χ4v) is 3.01. The van der Waals surface area contributed by atoms with Crippen molar-refractivity contribution in [1.82, 2.24) is 0 Å². The first-order chi connectivity index (χ1) is 8.64. The van der Waals surface area contributed by atoms with Gasteiger partial charge in [0.15, 0.2) is 0 Å². The molecule has 3 heteroatoms. The van der Waals surface area contributed by atoms with E-state index >= 15 is 0 Å². The number of ether oxygens (including phenoxy) is 1. The molecule has 0 amide bonds. The number of hydrogen-bond acceptors (Lipinski definition) is 2. The van der Waals surface area contributed by atoms with Crippen molar-refractivity contribution in [2.24, 2.45) is 11.3 Å². The van der Waals surface area contributed by atoms with Crippen LogP contribution in [-0.2, 0) is 9.53 Å². The van der Waals surface area contributed by atoms with Crippen LogP contribution in [0.5, 0.6) is 0 Å². The Labute approximate surface area is 111 Å². The van der Waals surface area contributed by atoms with E-state index in [-0.39, 0.29) is 0 Å². The monoisotopic (exact) mass is 256 g/mol. The minimum Gasteiger partial charge on any atom is -0.481 e. The van der Waals surface area contributed by atoms with Gasteiger partial charge in [-0.05, 0) is 44.4 Å². The van der Waals surface area contributed by atoms with Crippen molar-refractivity contribution in [1.29, 1.82) is 0 Å². The van der Waals surface area contributed by atoms with Crippen LogP contribution < -0.4 is 0 Å². The minimum absolute atomic E-state index is 0.502. The van der Waals surface area contributed by atoms with Gasteiger partial charge in [0.25, 0.3) is 0 Å². The zero-order valence-corrected chi connectivity index (χ0v) is 11.9. The first-order valence-electron chi connectivity index (χ1n) is 7.45. The number of carbonyl (C=O) groups is 1. The van der Waals surface area contributed by atoms with Crippen LogP contribution in [0.3, 0.4) is 0 Å². The van der Waals surface area contributed by atoms with Gasteiger partial charge in [0.1, 0.15) is 0 Å². The summed E-state index contributed by atoms with van der Waals surface area (Å²) in [6.07, 6.45) is 7.97. The number of aliphatic carboxylic acids is 1. The Morgan fingerprint density at radius 1 is 1.22 bits per heavy atom. The SMILES string of the molecule is CCCOCCC1(C(=O)O)CCC(CCC)CC1. The van der Waals surface area contributed by atoms with E-state index in [0.29, 0.717) is 13.0 Å². The molecule has 3 nitrogen and oxygen atoms in total. The maximum Gasteiger partial charge on any atom is 0.309 e. The molecule has 0 radical (unpaired) electrons. The fraction of sp³-hybridized carbons (Fsp3) is 0.933. The van der Waals surface area contributed by atoms with Crippen LogP contribution in [0.15, 0.2) is 0 Å². The van der Waals surface area contributed by atoms with Gasteiger partial charge in [-0.2, -0.15) is 0 Å². The van der Waals surface area contributed by atoms with Gasteiger partial charge in [-0.15, -0.1) is 0 Å². The second-order valence-corrected chi connectivity index (χ2v) is 5.68. The Morgan fingerprint density at radius 2 is 1.89 bits per heavy atom. The second-order valence-electron chi connectivity index (χ2n) is 5.68. The second kappa shape index (κ2) is 7.78. The smallest absolute Gasteiger partial charge is 0.309 e. The molecule has 1 fully saturated rings. The predicted molar refractivity (Wildman–Crippen MR) is 72.7 cm³/mol. The van der Waals surface area contributed by atoms with E-state index in [4.69, 9.17) is 4.74 Å². The molecular formula is C15H28O3. The minimum atomic E-state index is -0.613. The maximum absolute atomic E-state index is 11.5. The van der Waals surface area contributed by atoms with E-state index in [2.05, 4.69) is 13.8 Å². The molecule has 1 N–H and O–H groups in total. The van der Waals surface area contributed by atoms with Crippen molar-refractivity contribution in [2.45, 2.75) is 65.2 Å². The Morgan fingerprint density at radius 3 is 2.39 bits per heavy atom. The highest BCUT2D eigenvalue weighted by Gasteiger charge is 2.41. The summed E-state index contributed by atoms with van der Waals surface area (Å²) in [6, 6.07) is 0. The van der Waals surface area contributed by atoms with Gasteiger partial charge in [-0.25, -0.2) is 0 Å². The summed E-state index contributed by atoms with van der Waals surface area (Å²) < 4.78 is 5.47. The summed E-state index contributed by atoms with van der Waals surface area (Å²) in [7, 11) is 0. The van der Waals surface area contributed by atoms with Gasteiger partial charge in [-0.1, -0.05) is 26.7 Å². The summed E-state index contributed by atoms with van der Waals surface area (Å²) in [5, 5.41) is 9.51. The topological polar surface area (TPSA) is 46.5 Å². The summed E-state index contributed by atoms with van der Waals surface area (Å²) >= 11 is 0. The third kappa shape index (κ3) is 4.27. The highest BCUT2D eigenvalue weighted by Crippen LogP contribution is 2.43. The highest BCUT2D eigenvalue weighted by molar-refractivity contribution is 5.74. The average molecular weight is 256 g/mol. The number of hydrogen-bond donors (Lipinski definition) is 1. The van der Waals surface area contributed by atoms with Gasteiger partial charge in [0, 0.05) is 13.2 Å². The average Bonchev–Trinajstić information content (AvgIpc) is 2.37. The van der Waals surface area contributed by atoms with Crippen molar-refractivity contribution < 1.29 is 14.6 Å². The molecule has 0 aromatic rings. The molecule has 0 spiro atoms. The lowest BCUT2D eigenvalue weighted by Crippen LogP contribution is -2.36. The van der Waals surface area contributed by atoms with Crippen LogP contribution in [0.25, 0.3) is 0 Å². The van der Waals surface area contributed by atoms with Gasteiger partial charge < -0.3 is 9.84 Å². The van der Waals surface area contributed by atoms with Crippen LogP contribution in [0, 0.1) is 11.3 Å². The zero-order valence-electron chi connectivity index (χ0n) is 11.9. The summed E-state index contributed by atoms with van der Waals surface area (Å²) in [5.74, 6) is 0.136. The number of carboxylic acid groups (broad SMARTS) is 1. The Hall–Kier alpha value is -0.570.